The van der Waals surface area contributed by atoms with Gasteiger partial charge in [0.15, 0.2) is 0 Å². The molecule has 0 heterocycles. The van der Waals surface area contributed by atoms with E-state index in [0.717, 1.165) is 12.0 Å². The maximum Gasteiger partial charge on any atom is 0.224 e. The third-order valence-electron chi connectivity index (χ3n) is 2.49. The summed E-state index contributed by atoms with van der Waals surface area (Å²) in [4.78, 5) is 11.6. The predicted molar refractivity (Wildman–Crippen MR) is 71.5 cm³/mol. The van der Waals surface area contributed by atoms with Crippen molar-refractivity contribution in [2.75, 3.05) is 5.32 Å². The van der Waals surface area contributed by atoms with Gasteiger partial charge in [-0.15, -0.1) is 0 Å². The number of amides is 1. The van der Waals surface area contributed by atoms with Crippen LogP contribution in [0.3, 0.4) is 0 Å². The number of anilines is 1. The first-order valence-electron chi connectivity index (χ1n) is 5.65. The summed E-state index contributed by atoms with van der Waals surface area (Å²) in [5.74, 6) is 0.0572. The average molecular weight is 302 g/mol. The lowest BCUT2D eigenvalue weighted by atomic mass is 10.1. The van der Waals surface area contributed by atoms with Crippen molar-refractivity contribution in [1.29, 1.82) is 0 Å². The lowest BCUT2D eigenvalue weighted by Gasteiger charge is -2.10. The fraction of sp³-hybridized carbons (Fsp3) is 0.462. The summed E-state index contributed by atoms with van der Waals surface area (Å²) in [5.41, 5.74) is 1.38. The fourth-order valence-electron chi connectivity index (χ4n) is 1.41. The first kappa shape index (κ1) is 14.2. The SMILES string of the molecule is Cc1cc(Br)c(F)cc1NC(=O)CCC(C)C. The van der Waals surface area contributed by atoms with Crippen LogP contribution in [0.5, 0.6) is 0 Å². The number of nitrogens with one attached hydrogen (secondary N) is 1. The Kier molecular flexibility index (Phi) is 5.12. The van der Waals surface area contributed by atoms with Crippen LogP contribution in [0, 0.1) is 18.7 Å². The average Bonchev–Trinajstić information content (AvgIpc) is 2.23. The summed E-state index contributed by atoms with van der Waals surface area (Å²) < 4.78 is 13.7. The van der Waals surface area contributed by atoms with E-state index >= 15 is 0 Å². The van der Waals surface area contributed by atoms with Crippen molar-refractivity contribution in [3.8, 4) is 0 Å². The molecule has 1 aromatic rings. The molecule has 0 bridgehead atoms. The van der Waals surface area contributed by atoms with Crippen molar-refractivity contribution in [1.82, 2.24) is 0 Å². The van der Waals surface area contributed by atoms with Crippen LogP contribution >= 0.6 is 15.9 Å². The first-order chi connectivity index (χ1) is 7.90. The molecule has 17 heavy (non-hydrogen) atoms. The van der Waals surface area contributed by atoms with E-state index in [-0.39, 0.29) is 11.7 Å². The molecule has 4 heteroatoms. The molecule has 0 aromatic heterocycles. The van der Waals surface area contributed by atoms with Crippen molar-refractivity contribution in [2.24, 2.45) is 5.92 Å². The maximum atomic E-state index is 13.3. The van der Waals surface area contributed by atoms with Crippen molar-refractivity contribution in [3.63, 3.8) is 0 Å². The predicted octanol–water partition coefficient (Wildman–Crippen LogP) is 4.27. The molecule has 1 rings (SSSR count). The number of rotatable bonds is 4. The second-order valence-corrected chi connectivity index (χ2v) is 5.42. The maximum absolute atomic E-state index is 13.3. The van der Waals surface area contributed by atoms with Gasteiger partial charge in [0.1, 0.15) is 5.82 Å². The molecule has 0 aliphatic carbocycles. The van der Waals surface area contributed by atoms with Crippen LogP contribution in [0.1, 0.15) is 32.3 Å². The second-order valence-electron chi connectivity index (χ2n) is 4.56. The summed E-state index contributed by atoms with van der Waals surface area (Å²) in [5, 5.41) is 2.73. The Morgan fingerprint density at radius 3 is 2.71 bits per heavy atom. The molecule has 0 saturated carbocycles. The highest BCUT2D eigenvalue weighted by molar-refractivity contribution is 9.10. The number of hydrogen-bond donors (Lipinski definition) is 1. The van der Waals surface area contributed by atoms with Crippen LogP contribution in [0.4, 0.5) is 10.1 Å². The van der Waals surface area contributed by atoms with E-state index in [0.29, 0.717) is 22.5 Å². The van der Waals surface area contributed by atoms with Gasteiger partial charge >= 0.3 is 0 Å². The summed E-state index contributed by atoms with van der Waals surface area (Å²) in [6.07, 6.45) is 1.30. The summed E-state index contributed by atoms with van der Waals surface area (Å²) in [6.45, 7) is 5.97. The van der Waals surface area contributed by atoms with Gasteiger partial charge in [0.2, 0.25) is 5.91 Å². The number of carbonyl (C=O) groups is 1. The Balaban J connectivity index is 2.68. The van der Waals surface area contributed by atoms with Crippen LogP contribution < -0.4 is 5.32 Å². The molecular weight excluding hydrogens is 285 g/mol. The molecule has 0 radical (unpaired) electrons. The van der Waals surface area contributed by atoms with Crippen molar-refractivity contribution < 1.29 is 9.18 Å². The van der Waals surface area contributed by atoms with Crippen LogP contribution in [-0.2, 0) is 4.79 Å². The number of hydrogen-bond acceptors (Lipinski definition) is 1. The highest BCUT2D eigenvalue weighted by Crippen LogP contribution is 2.24. The Bertz CT molecular complexity index is 418. The van der Waals surface area contributed by atoms with Gasteiger partial charge in [-0.05, 0) is 52.9 Å². The van der Waals surface area contributed by atoms with E-state index in [2.05, 4.69) is 35.1 Å². The topological polar surface area (TPSA) is 29.1 Å². The van der Waals surface area contributed by atoms with Gasteiger partial charge in [-0.3, -0.25) is 4.79 Å². The molecule has 0 unspecified atom stereocenters. The number of benzene rings is 1. The van der Waals surface area contributed by atoms with E-state index in [4.69, 9.17) is 0 Å². The molecule has 0 spiro atoms. The van der Waals surface area contributed by atoms with E-state index in [1.54, 1.807) is 6.07 Å². The van der Waals surface area contributed by atoms with E-state index in [1.165, 1.54) is 6.07 Å². The molecule has 2 nitrogen and oxygen atoms in total. The van der Waals surface area contributed by atoms with Gasteiger partial charge in [-0.1, -0.05) is 13.8 Å². The summed E-state index contributed by atoms with van der Waals surface area (Å²) >= 11 is 3.11. The molecular formula is C13H17BrFNO. The molecule has 1 amide bonds. The monoisotopic (exact) mass is 301 g/mol. The zero-order valence-electron chi connectivity index (χ0n) is 10.3. The summed E-state index contributed by atoms with van der Waals surface area (Å²) in [6, 6.07) is 3.00. The normalized spacial score (nSPS) is 10.7. The Labute approximate surface area is 110 Å². The first-order valence-corrected chi connectivity index (χ1v) is 6.45. The van der Waals surface area contributed by atoms with Crippen molar-refractivity contribution >= 4 is 27.5 Å². The van der Waals surface area contributed by atoms with Crippen LogP contribution in [0.15, 0.2) is 16.6 Å². The number of aryl methyl sites for hydroxylation is 1. The quantitative estimate of drug-likeness (QED) is 0.884. The highest BCUT2D eigenvalue weighted by atomic mass is 79.9. The molecule has 0 aliphatic heterocycles. The van der Waals surface area contributed by atoms with Gasteiger partial charge in [-0.2, -0.15) is 0 Å². The van der Waals surface area contributed by atoms with Crippen molar-refractivity contribution in [2.45, 2.75) is 33.6 Å². The highest BCUT2D eigenvalue weighted by Gasteiger charge is 2.09. The van der Waals surface area contributed by atoms with E-state index in [1.807, 2.05) is 6.92 Å². The molecule has 0 aliphatic rings. The van der Waals surface area contributed by atoms with Gasteiger partial charge in [-0.25, -0.2) is 4.39 Å². The van der Waals surface area contributed by atoms with Crippen LogP contribution in [-0.4, -0.2) is 5.91 Å². The Morgan fingerprint density at radius 1 is 1.47 bits per heavy atom. The minimum atomic E-state index is -0.366. The van der Waals surface area contributed by atoms with Gasteiger partial charge < -0.3 is 5.32 Å². The molecule has 0 saturated heterocycles. The summed E-state index contributed by atoms with van der Waals surface area (Å²) in [7, 11) is 0. The van der Waals surface area contributed by atoms with E-state index in [9.17, 15) is 9.18 Å². The van der Waals surface area contributed by atoms with Gasteiger partial charge in [0, 0.05) is 12.1 Å². The van der Waals surface area contributed by atoms with Crippen LogP contribution in [0.2, 0.25) is 0 Å². The lowest BCUT2D eigenvalue weighted by Crippen LogP contribution is -2.13. The van der Waals surface area contributed by atoms with Gasteiger partial charge in [0.05, 0.1) is 4.47 Å². The standard InChI is InChI=1S/C13H17BrFNO/c1-8(2)4-5-13(17)16-12-7-11(15)10(14)6-9(12)3/h6-8H,4-5H2,1-3H3,(H,16,17). The Hall–Kier alpha value is -0.900. The van der Waals surface area contributed by atoms with E-state index < -0.39 is 0 Å². The number of halogens is 2. The minimum Gasteiger partial charge on any atom is -0.326 e. The molecule has 1 N–H and O–H groups in total. The lowest BCUT2D eigenvalue weighted by molar-refractivity contribution is -0.116. The third-order valence-corrected chi connectivity index (χ3v) is 3.10. The minimum absolute atomic E-state index is 0.0662. The fourth-order valence-corrected chi connectivity index (χ4v) is 1.87. The molecule has 1 aromatic carbocycles. The molecule has 94 valence electrons. The van der Waals surface area contributed by atoms with Gasteiger partial charge in [0.25, 0.3) is 0 Å². The Morgan fingerprint density at radius 2 is 2.12 bits per heavy atom. The molecule has 0 atom stereocenters. The largest absolute Gasteiger partial charge is 0.326 e. The zero-order chi connectivity index (χ0) is 13.0. The zero-order valence-corrected chi connectivity index (χ0v) is 11.9. The third kappa shape index (κ3) is 4.46. The van der Waals surface area contributed by atoms with Crippen molar-refractivity contribution in [3.05, 3.63) is 28.0 Å². The number of carbonyl (C=O) groups excluding carboxylic acids is 1. The van der Waals surface area contributed by atoms with Crippen LogP contribution in [0.25, 0.3) is 0 Å². The molecule has 0 fully saturated rings. The smallest absolute Gasteiger partial charge is 0.224 e. The second kappa shape index (κ2) is 6.15.